The maximum absolute atomic E-state index is 13.2. The number of hydrogen-bond donors (Lipinski definition) is 0. The van der Waals surface area contributed by atoms with E-state index in [1.165, 1.54) is 12.1 Å². The second-order valence-electron chi connectivity index (χ2n) is 7.99. The number of rotatable bonds is 6. The van der Waals surface area contributed by atoms with E-state index < -0.39 is 0 Å². The molecule has 4 rings (SSSR count). The number of carbonyl (C=O) groups is 1. The van der Waals surface area contributed by atoms with E-state index in [1.54, 1.807) is 6.26 Å². The molecule has 6 heteroatoms. The molecule has 1 saturated heterocycles. The Kier molecular flexibility index (Phi) is 5.67. The number of allylic oxidation sites excluding steroid dienone is 1. The van der Waals surface area contributed by atoms with Crippen LogP contribution in [0.5, 0.6) is 0 Å². The lowest BCUT2D eigenvalue weighted by Gasteiger charge is -2.31. The van der Waals surface area contributed by atoms with E-state index >= 15 is 0 Å². The molecular weight excluding hydrogens is 352 g/mol. The van der Waals surface area contributed by atoms with Crippen LogP contribution in [0.2, 0.25) is 0 Å². The van der Waals surface area contributed by atoms with Gasteiger partial charge in [-0.2, -0.15) is 5.10 Å². The lowest BCUT2D eigenvalue weighted by atomic mass is 9.90. The average molecular weight is 383 g/mol. The Bertz CT molecular complexity index is 818. The van der Waals surface area contributed by atoms with E-state index in [2.05, 4.69) is 18.5 Å². The van der Waals surface area contributed by atoms with Gasteiger partial charge in [-0.25, -0.2) is 0 Å². The minimum absolute atomic E-state index is 0.105. The van der Waals surface area contributed by atoms with Crippen molar-refractivity contribution in [1.29, 1.82) is 0 Å². The Morgan fingerprint density at radius 1 is 1.39 bits per heavy atom. The highest BCUT2D eigenvalue weighted by molar-refractivity contribution is 5.94. The number of likely N-dealkylation sites (N-methyl/N-ethyl adjacent to an activating group) is 1. The summed E-state index contributed by atoms with van der Waals surface area (Å²) in [7, 11) is 2.14. The predicted octanol–water partition coefficient (Wildman–Crippen LogP) is 3.28. The molecule has 0 N–H and O–H groups in total. The van der Waals surface area contributed by atoms with E-state index in [1.807, 2.05) is 27.8 Å². The zero-order chi connectivity index (χ0) is 19.5. The molecule has 2 aromatic rings. The molecule has 0 saturated carbocycles. The van der Waals surface area contributed by atoms with Crippen molar-refractivity contribution in [2.75, 3.05) is 20.1 Å². The highest BCUT2D eigenvalue weighted by Gasteiger charge is 2.32. The van der Waals surface area contributed by atoms with E-state index in [0.29, 0.717) is 18.3 Å². The molecule has 1 atom stereocenters. The highest BCUT2D eigenvalue weighted by atomic mass is 16.3. The van der Waals surface area contributed by atoms with Gasteiger partial charge in [0.2, 0.25) is 0 Å². The minimum atomic E-state index is 0.105. The van der Waals surface area contributed by atoms with Crippen LogP contribution < -0.4 is 0 Å². The molecule has 0 radical (unpaired) electrons. The first-order valence-corrected chi connectivity index (χ1v) is 10.4. The Morgan fingerprint density at radius 2 is 2.21 bits per heavy atom. The van der Waals surface area contributed by atoms with Crippen molar-refractivity contribution >= 4 is 5.91 Å². The van der Waals surface area contributed by atoms with Gasteiger partial charge in [-0.15, -0.1) is 6.58 Å². The van der Waals surface area contributed by atoms with Crippen LogP contribution in [0, 0.1) is 0 Å². The topological polar surface area (TPSA) is 54.5 Å². The fourth-order valence-corrected chi connectivity index (χ4v) is 4.51. The summed E-state index contributed by atoms with van der Waals surface area (Å²) < 4.78 is 7.50. The molecule has 6 nitrogen and oxygen atoms in total. The molecule has 28 heavy (non-hydrogen) atoms. The van der Waals surface area contributed by atoms with Crippen LogP contribution in [0.25, 0.3) is 0 Å². The van der Waals surface area contributed by atoms with Gasteiger partial charge in [0, 0.05) is 30.4 Å². The lowest BCUT2D eigenvalue weighted by molar-refractivity contribution is 0.0715. The molecule has 0 bridgehead atoms. The summed E-state index contributed by atoms with van der Waals surface area (Å²) >= 11 is 0. The van der Waals surface area contributed by atoms with Crippen LogP contribution in [-0.4, -0.2) is 51.7 Å². The van der Waals surface area contributed by atoms with Crippen LogP contribution in [0.15, 0.2) is 35.5 Å². The van der Waals surface area contributed by atoms with Crippen LogP contribution in [-0.2, 0) is 25.9 Å². The molecule has 0 unspecified atom stereocenters. The van der Waals surface area contributed by atoms with Crippen molar-refractivity contribution in [2.45, 2.75) is 57.7 Å². The third-order valence-electron chi connectivity index (χ3n) is 6.08. The zero-order valence-corrected chi connectivity index (χ0v) is 16.8. The van der Waals surface area contributed by atoms with Gasteiger partial charge in [0.1, 0.15) is 5.76 Å². The second kappa shape index (κ2) is 8.35. The summed E-state index contributed by atoms with van der Waals surface area (Å²) in [4.78, 5) is 17.5. The number of fused-ring (bicyclic) bond motifs is 1. The normalized spacial score (nSPS) is 19.6. The first-order valence-electron chi connectivity index (χ1n) is 10.4. The van der Waals surface area contributed by atoms with Crippen molar-refractivity contribution in [3.8, 4) is 0 Å². The fraction of sp³-hybridized carbons (Fsp3) is 0.545. The smallest absolute Gasteiger partial charge is 0.274 e. The number of hydrogen-bond acceptors (Lipinski definition) is 4. The van der Waals surface area contributed by atoms with E-state index in [4.69, 9.17) is 9.52 Å². The van der Waals surface area contributed by atoms with Gasteiger partial charge in [-0.05, 0) is 57.7 Å². The molecule has 1 amide bonds. The molecule has 2 aromatic heterocycles. The van der Waals surface area contributed by atoms with E-state index in [0.717, 1.165) is 63.1 Å². The average Bonchev–Trinajstić information content (AvgIpc) is 3.36. The van der Waals surface area contributed by atoms with Crippen LogP contribution >= 0.6 is 0 Å². The van der Waals surface area contributed by atoms with Gasteiger partial charge in [0.15, 0.2) is 5.69 Å². The van der Waals surface area contributed by atoms with Gasteiger partial charge < -0.3 is 9.32 Å². The van der Waals surface area contributed by atoms with E-state index in [-0.39, 0.29) is 5.91 Å². The third-order valence-corrected chi connectivity index (χ3v) is 6.08. The summed E-state index contributed by atoms with van der Waals surface area (Å²) in [6.07, 6.45) is 9.84. The number of carbonyl (C=O) groups excluding carboxylic acids is 1. The monoisotopic (exact) mass is 382 g/mol. The quantitative estimate of drug-likeness (QED) is 0.720. The van der Waals surface area contributed by atoms with Crippen LogP contribution in [0.1, 0.15) is 53.2 Å². The van der Waals surface area contributed by atoms with Gasteiger partial charge >= 0.3 is 0 Å². The standard InChI is InChI=1S/C22H30N4O2/c1-3-11-26-20-10-9-17(24(2)16-18-8-7-14-28-18)15-19(20)21(23-26)22(27)25-12-5-4-6-13-25/h3,7-8,14,17H,1,4-6,9-13,15-16H2,2H3/t17-/m0/s1. The molecule has 150 valence electrons. The molecule has 0 spiro atoms. The second-order valence-corrected chi connectivity index (χ2v) is 7.99. The fourth-order valence-electron chi connectivity index (χ4n) is 4.51. The minimum Gasteiger partial charge on any atom is -0.468 e. The maximum Gasteiger partial charge on any atom is 0.274 e. The molecule has 1 aliphatic carbocycles. The summed E-state index contributed by atoms with van der Waals surface area (Å²) in [5.41, 5.74) is 3.01. The summed E-state index contributed by atoms with van der Waals surface area (Å²) in [5.74, 6) is 1.08. The predicted molar refractivity (Wildman–Crippen MR) is 108 cm³/mol. The molecule has 2 aliphatic rings. The number of amides is 1. The summed E-state index contributed by atoms with van der Waals surface area (Å²) in [6.45, 7) is 7.00. The van der Waals surface area contributed by atoms with Crippen molar-refractivity contribution in [1.82, 2.24) is 19.6 Å². The molecule has 0 aromatic carbocycles. The first-order chi connectivity index (χ1) is 13.7. The molecule has 1 fully saturated rings. The lowest BCUT2D eigenvalue weighted by Crippen LogP contribution is -2.38. The van der Waals surface area contributed by atoms with Crippen molar-refractivity contribution < 1.29 is 9.21 Å². The molecular formula is C22H30N4O2. The van der Waals surface area contributed by atoms with Crippen LogP contribution in [0.3, 0.4) is 0 Å². The SMILES string of the molecule is C=CCn1nc(C(=O)N2CCCCC2)c2c1CC[C@H](N(C)Cc1ccco1)C2. The van der Waals surface area contributed by atoms with Crippen molar-refractivity contribution in [2.24, 2.45) is 0 Å². The number of piperidine rings is 1. The molecule has 3 heterocycles. The first kappa shape index (κ1) is 19.0. The Hall–Kier alpha value is -2.34. The zero-order valence-electron chi connectivity index (χ0n) is 16.8. The van der Waals surface area contributed by atoms with Crippen molar-refractivity contribution in [3.05, 3.63) is 53.8 Å². The van der Waals surface area contributed by atoms with Gasteiger partial charge in [-0.1, -0.05) is 6.08 Å². The van der Waals surface area contributed by atoms with Crippen molar-refractivity contribution in [3.63, 3.8) is 0 Å². The van der Waals surface area contributed by atoms with Gasteiger partial charge in [-0.3, -0.25) is 14.4 Å². The number of nitrogens with zero attached hydrogens (tertiary/aromatic N) is 4. The van der Waals surface area contributed by atoms with E-state index in [9.17, 15) is 4.79 Å². The summed E-state index contributed by atoms with van der Waals surface area (Å²) in [5, 5.41) is 4.74. The Morgan fingerprint density at radius 3 is 2.93 bits per heavy atom. The number of likely N-dealkylation sites (tertiary alicyclic amines) is 1. The van der Waals surface area contributed by atoms with Gasteiger partial charge in [0.25, 0.3) is 5.91 Å². The van der Waals surface area contributed by atoms with Crippen LogP contribution in [0.4, 0.5) is 0 Å². The Labute approximate surface area is 166 Å². The summed E-state index contributed by atoms with van der Waals surface area (Å²) in [6, 6.07) is 4.32. The molecule has 1 aliphatic heterocycles. The Balaban J connectivity index is 1.57. The highest BCUT2D eigenvalue weighted by Crippen LogP contribution is 2.29. The number of furan rings is 1. The van der Waals surface area contributed by atoms with Gasteiger partial charge in [0.05, 0.1) is 19.4 Å². The third kappa shape index (κ3) is 3.78. The largest absolute Gasteiger partial charge is 0.468 e. The maximum atomic E-state index is 13.2. The number of aromatic nitrogens is 2.